The molecule has 0 fully saturated rings. The molecule has 0 amide bonds. The molecule has 0 radical (unpaired) electrons. The molecule has 0 aliphatic rings. The lowest BCUT2D eigenvalue weighted by Gasteiger charge is -2.18. The van der Waals surface area contributed by atoms with Gasteiger partial charge in [-0.25, -0.2) is 9.98 Å². The van der Waals surface area contributed by atoms with Gasteiger partial charge < -0.3 is 0 Å². The van der Waals surface area contributed by atoms with E-state index in [1.807, 2.05) is 24.3 Å². The molecule has 0 unspecified atom stereocenters. The molecule has 1 aromatic carbocycles. The molecule has 25 heavy (non-hydrogen) atoms. The molecule has 2 nitrogen and oxygen atoms in total. The molecule has 140 valence electrons. The second-order valence-corrected chi connectivity index (χ2v) is 7.78. The van der Waals surface area contributed by atoms with Gasteiger partial charge in [-0.1, -0.05) is 88.4 Å². The minimum atomic E-state index is -0.314. The fraction of sp³-hybridized carbons (Fsp3) is 0.682. The highest BCUT2D eigenvalue weighted by Crippen LogP contribution is 2.25. The number of aliphatic imine (C=N–C) groups is 2. The van der Waals surface area contributed by atoms with E-state index in [2.05, 4.69) is 36.8 Å². The fourth-order valence-corrected chi connectivity index (χ4v) is 2.94. The Kier molecular flexibility index (Phi) is 11.5. The van der Waals surface area contributed by atoms with Gasteiger partial charge in [0.2, 0.25) is 0 Å². The van der Waals surface area contributed by atoms with Crippen LogP contribution in [-0.2, 0) is 5.54 Å². The quantitative estimate of drug-likeness (QED) is 0.254. The number of rotatable bonds is 13. The smallest absolute Gasteiger partial charge is 0.0910 e. The number of benzene rings is 1. The average molecular weight is 363 g/mol. The Morgan fingerprint density at radius 2 is 1.36 bits per heavy atom. The van der Waals surface area contributed by atoms with Crippen LogP contribution in [0.3, 0.4) is 0 Å². The van der Waals surface area contributed by atoms with E-state index in [1.54, 1.807) is 0 Å². The first-order valence-electron chi connectivity index (χ1n) is 9.95. The van der Waals surface area contributed by atoms with Crippen molar-refractivity contribution in [2.45, 2.75) is 90.5 Å². The van der Waals surface area contributed by atoms with E-state index in [-0.39, 0.29) is 5.54 Å². The fourth-order valence-electron chi connectivity index (χ4n) is 2.81. The van der Waals surface area contributed by atoms with E-state index in [0.29, 0.717) is 0 Å². The molecule has 3 heteroatoms. The van der Waals surface area contributed by atoms with E-state index >= 15 is 0 Å². The predicted molar refractivity (Wildman–Crippen MR) is 111 cm³/mol. The second kappa shape index (κ2) is 13.1. The van der Waals surface area contributed by atoms with Crippen LogP contribution < -0.4 is 0 Å². The minimum Gasteiger partial charge on any atom is -0.226 e. The van der Waals surface area contributed by atoms with Crippen molar-refractivity contribution < 1.29 is 0 Å². The first-order valence-corrected chi connectivity index (χ1v) is 10.3. The zero-order valence-electron chi connectivity index (χ0n) is 16.4. The number of hydrogen-bond donors (Lipinski definition) is 0. The molecule has 0 aromatic heterocycles. The SMILES string of the molecule is CCCCCCCCCCCCN=C=NC(C)(C)c1ccc(Cl)cc1. The van der Waals surface area contributed by atoms with Crippen LogP contribution in [0.25, 0.3) is 0 Å². The van der Waals surface area contributed by atoms with Gasteiger partial charge in [0.25, 0.3) is 0 Å². The number of nitrogens with zero attached hydrogens (tertiary/aromatic N) is 2. The van der Waals surface area contributed by atoms with Gasteiger partial charge in [0.05, 0.1) is 11.5 Å². The van der Waals surface area contributed by atoms with E-state index in [9.17, 15) is 0 Å². The summed E-state index contributed by atoms with van der Waals surface area (Å²) in [7, 11) is 0. The molecular weight excluding hydrogens is 328 g/mol. The van der Waals surface area contributed by atoms with E-state index in [0.717, 1.165) is 23.6 Å². The Balaban J connectivity index is 2.12. The third-order valence-electron chi connectivity index (χ3n) is 4.57. The first kappa shape index (κ1) is 21.9. The maximum Gasteiger partial charge on any atom is 0.0910 e. The summed E-state index contributed by atoms with van der Waals surface area (Å²) >= 11 is 5.93. The molecular formula is C22H35ClN2. The van der Waals surface area contributed by atoms with Gasteiger partial charge in [-0.2, -0.15) is 0 Å². The molecule has 1 aromatic rings. The van der Waals surface area contributed by atoms with Gasteiger partial charge in [-0.15, -0.1) is 0 Å². The summed E-state index contributed by atoms with van der Waals surface area (Å²) in [5.74, 6) is 0. The Hall–Kier alpha value is -1.11. The van der Waals surface area contributed by atoms with E-state index in [1.165, 1.54) is 57.8 Å². The maximum atomic E-state index is 5.93. The van der Waals surface area contributed by atoms with Crippen LogP contribution in [0.15, 0.2) is 34.3 Å². The largest absolute Gasteiger partial charge is 0.226 e. The van der Waals surface area contributed by atoms with Crippen LogP contribution >= 0.6 is 11.6 Å². The lowest BCUT2D eigenvalue weighted by molar-refractivity contribution is 0.556. The van der Waals surface area contributed by atoms with Gasteiger partial charge in [0.15, 0.2) is 0 Å². The van der Waals surface area contributed by atoms with Crippen LogP contribution in [0.1, 0.15) is 90.5 Å². The number of halogens is 1. The van der Waals surface area contributed by atoms with Gasteiger partial charge >= 0.3 is 0 Å². The Morgan fingerprint density at radius 1 is 0.840 bits per heavy atom. The molecule has 0 bridgehead atoms. The normalized spacial score (nSPS) is 11.2. The summed E-state index contributed by atoms with van der Waals surface area (Å²) in [6, 6.07) is 10.7. The molecule has 1 rings (SSSR count). The van der Waals surface area contributed by atoms with Crippen molar-refractivity contribution in [2.24, 2.45) is 9.98 Å². The average Bonchev–Trinajstić information content (AvgIpc) is 2.59. The second-order valence-electron chi connectivity index (χ2n) is 7.34. The van der Waals surface area contributed by atoms with Gasteiger partial charge in [-0.05, 0) is 38.0 Å². The third-order valence-corrected chi connectivity index (χ3v) is 4.83. The summed E-state index contributed by atoms with van der Waals surface area (Å²) < 4.78 is 0. The van der Waals surface area contributed by atoms with E-state index in [4.69, 9.17) is 11.6 Å². The lowest BCUT2D eigenvalue weighted by Crippen LogP contribution is -2.13. The Morgan fingerprint density at radius 3 is 1.92 bits per heavy atom. The molecule has 0 N–H and O–H groups in total. The predicted octanol–water partition coefficient (Wildman–Crippen LogP) is 7.67. The summed E-state index contributed by atoms with van der Waals surface area (Å²) in [6.07, 6.45) is 13.5. The first-order chi connectivity index (χ1) is 12.1. The minimum absolute atomic E-state index is 0.314. The molecule has 0 aliphatic heterocycles. The van der Waals surface area contributed by atoms with Gasteiger partial charge in [0.1, 0.15) is 0 Å². The summed E-state index contributed by atoms with van der Waals surface area (Å²) in [6.45, 7) is 7.24. The topological polar surface area (TPSA) is 24.7 Å². The van der Waals surface area contributed by atoms with Crippen molar-refractivity contribution >= 4 is 17.6 Å². The number of unbranched alkanes of at least 4 members (excludes halogenated alkanes) is 9. The zero-order chi connectivity index (χ0) is 18.4. The van der Waals surface area contributed by atoms with Gasteiger partial charge in [-0.3, -0.25) is 0 Å². The highest BCUT2D eigenvalue weighted by molar-refractivity contribution is 6.30. The molecule has 0 saturated carbocycles. The summed E-state index contributed by atoms with van der Waals surface area (Å²) in [4.78, 5) is 8.80. The van der Waals surface area contributed by atoms with Crippen LogP contribution in [0.5, 0.6) is 0 Å². The Labute approximate surface area is 159 Å². The van der Waals surface area contributed by atoms with Crippen molar-refractivity contribution in [3.05, 3.63) is 34.9 Å². The number of hydrogen-bond acceptors (Lipinski definition) is 2. The van der Waals surface area contributed by atoms with Crippen molar-refractivity contribution in [3.8, 4) is 0 Å². The molecule has 0 spiro atoms. The highest BCUT2D eigenvalue weighted by atomic mass is 35.5. The molecule has 0 atom stereocenters. The van der Waals surface area contributed by atoms with Crippen molar-refractivity contribution in [2.75, 3.05) is 6.54 Å². The molecule has 0 aliphatic carbocycles. The highest BCUT2D eigenvalue weighted by Gasteiger charge is 2.18. The Bertz CT molecular complexity index is 513. The summed E-state index contributed by atoms with van der Waals surface area (Å²) in [5.41, 5.74) is 0.810. The van der Waals surface area contributed by atoms with Crippen molar-refractivity contribution in [1.29, 1.82) is 0 Å². The standard InChI is InChI=1S/C22H35ClN2/c1-4-5-6-7-8-9-10-11-12-13-18-24-19-25-22(2,3)20-14-16-21(23)17-15-20/h14-17H,4-13,18H2,1-3H3. The summed E-state index contributed by atoms with van der Waals surface area (Å²) in [5, 5.41) is 0.748. The monoisotopic (exact) mass is 362 g/mol. The third kappa shape index (κ3) is 10.5. The maximum absolute atomic E-state index is 5.93. The van der Waals surface area contributed by atoms with Gasteiger partial charge in [0, 0.05) is 11.6 Å². The lowest BCUT2D eigenvalue weighted by atomic mass is 9.95. The van der Waals surface area contributed by atoms with Crippen LogP contribution in [0.4, 0.5) is 0 Å². The van der Waals surface area contributed by atoms with Crippen molar-refractivity contribution in [3.63, 3.8) is 0 Å². The van der Waals surface area contributed by atoms with Crippen molar-refractivity contribution in [1.82, 2.24) is 0 Å². The van der Waals surface area contributed by atoms with Crippen LogP contribution in [-0.4, -0.2) is 12.6 Å². The zero-order valence-corrected chi connectivity index (χ0v) is 17.1. The molecule has 0 saturated heterocycles. The van der Waals surface area contributed by atoms with E-state index < -0.39 is 0 Å². The molecule has 0 heterocycles. The van der Waals surface area contributed by atoms with Crippen LogP contribution in [0.2, 0.25) is 5.02 Å². The van der Waals surface area contributed by atoms with Crippen LogP contribution in [0, 0.1) is 0 Å².